The zero-order chi connectivity index (χ0) is 13.5. The average Bonchev–Trinajstić information content (AvgIpc) is 2.96. The van der Waals surface area contributed by atoms with E-state index in [2.05, 4.69) is 12.3 Å². The Morgan fingerprint density at radius 2 is 2.05 bits per heavy atom. The maximum atomic E-state index is 9.94. The van der Waals surface area contributed by atoms with Gasteiger partial charge in [-0.3, -0.25) is 4.68 Å². The van der Waals surface area contributed by atoms with E-state index in [9.17, 15) is 5.11 Å². The SMILES string of the molecule is CCC1CCCCC1OCC(O)CNn1cccc1. The van der Waals surface area contributed by atoms with Crippen molar-refractivity contribution >= 4 is 0 Å². The molecule has 1 aliphatic rings. The first-order chi connectivity index (χ1) is 9.29. The largest absolute Gasteiger partial charge is 0.389 e. The van der Waals surface area contributed by atoms with Crippen molar-refractivity contribution in [1.29, 1.82) is 0 Å². The first-order valence-electron chi connectivity index (χ1n) is 7.46. The van der Waals surface area contributed by atoms with Crippen LogP contribution in [0.4, 0.5) is 0 Å². The third kappa shape index (κ3) is 4.55. The monoisotopic (exact) mass is 266 g/mol. The predicted octanol–water partition coefficient (Wildman–Crippen LogP) is 2.38. The topological polar surface area (TPSA) is 46.4 Å². The van der Waals surface area contributed by atoms with Crippen LogP contribution >= 0.6 is 0 Å². The molecular formula is C15H26N2O2. The Morgan fingerprint density at radius 3 is 2.79 bits per heavy atom. The molecule has 1 aliphatic carbocycles. The number of nitrogens with zero attached hydrogens (tertiary/aromatic N) is 1. The first kappa shape index (κ1) is 14.4. The zero-order valence-corrected chi connectivity index (χ0v) is 11.8. The van der Waals surface area contributed by atoms with E-state index in [1.807, 2.05) is 29.2 Å². The molecule has 0 saturated heterocycles. The van der Waals surface area contributed by atoms with Gasteiger partial charge in [0.1, 0.15) is 0 Å². The normalized spacial score (nSPS) is 25.2. The highest BCUT2D eigenvalue weighted by Gasteiger charge is 2.24. The third-order valence-corrected chi connectivity index (χ3v) is 3.98. The van der Waals surface area contributed by atoms with Crippen LogP contribution in [-0.2, 0) is 4.74 Å². The van der Waals surface area contributed by atoms with Crippen LogP contribution in [0.5, 0.6) is 0 Å². The molecule has 19 heavy (non-hydrogen) atoms. The molecule has 2 rings (SSSR count). The van der Waals surface area contributed by atoms with Crippen molar-refractivity contribution < 1.29 is 9.84 Å². The Bertz CT molecular complexity index is 340. The van der Waals surface area contributed by atoms with Crippen molar-refractivity contribution in [3.63, 3.8) is 0 Å². The van der Waals surface area contributed by atoms with Gasteiger partial charge in [-0.05, 0) is 30.9 Å². The molecule has 1 heterocycles. The number of aliphatic hydroxyl groups excluding tert-OH is 1. The van der Waals surface area contributed by atoms with Crippen LogP contribution < -0.4 is 5.43 Å². The highest BCUT2D eigenvalue weighted by atomic mass is 16.5. The molecule has 0 aromatic carbocycles. The Kier molecular flexibility index (Phi) is 5.73. The molecule has 0 radical (unpaired) electrons. The van der Waals surface area contributed by atoms with Crippen LogP contribution in [0.3, 0.4) is 0 Å². The number of nitrogens with one attached hydrogen (secondary N) is 1. The summed E-state index contributed by atoms with van der Waals surface area (Å²) >= 11 is 0. The van der Waals surface area contributed by atoms with E-state index in [4.69, 9.17) is 4.74 Å². The Labute approximate surface area is 115 Å². The summed E-state index contributed by atoms with van der Waals surface area (Å²) in [6, 6.07) is 3.90. The van der Waals surface area contributed by atoms with Crippen molar-refractivity contribution in [2.45, 2.75) is 51.2 Å². The van der Waals surface area contributed by atoms with Crippen LogP contribution in [0.25, 0.3) is 0 Å². The number of aliphatic hydroxyl groups is 1. The maximum absolute atomic E-state index is 9.94. The lowest BCUT2D eigenvalue weighted by atomic mass is 9.85. The zero-order valence-electron chi connectivity index (χ0n) is 11.8. The molecule has 2 N–H and O–H groups in total. The van der Waals surface area contributed by atoms with Crippen molar-refractivity contribution in [1.82, 2.24) is 4.68 Å². The van der Waals surface area contributed by atoms with E-state index in [0.717, 1.165) is 6.42 Å². The molecular weight excluding hydrogens is 240 g/mol. The third-order valence-electron chi connectivity index (χ3n) is 3.98. The summed E-state index contributed by atoms with van der Waals surface area (Å²) in [6.07, 6.45) is 9.93. The van der Waals surface area contributed by atoms with Gasteiger partial charge in [0.25, 0.3) is 0 Å². The van der Waals surface area contributed by atoms with Gasteiger partial charge in [0.2, 0.25) is 0 Å². The summed E-state index contributed by atoms with van der Waals surface area (Å²) in [4.78, 5) is 0. The van der Waals surface area contributed by atoms with E-state index in [-0.39, 0.29) is 0 Å². The minimum Gasteiger partial charge on any atom is -0.389 e. The van der Waals surface area contributed by atoms with Crippen molar-refractivity contribution in [2.75, 3.05) is 18.6 Å². The van der Waals surface area contributed by atoms with Crippen LogP contribution in [0, 0.1) is 5.92 Å². The summed E-state index contributed by atoms with van der Waals surface area (Å²) < 4.78 is 7.76. The molecule has 108 valence electrons. The molecule has 1 saturated carbocycles. The second-order valence-electron chi connectivity index (χ2n) is 5.43. The van der Waals surface area contributed by atoms with Crippen LogP contribution in [0.2, 0.25) is 0 Å². The number of hydrogen-bond acceptors (Lipinski definition) is 3. The minimum atomic E-state index is -0.457. The van der Waals surface area contributed by atoms with Gasteiger partial charge >= 0.3 is 0 Å². The Morgan fingerprint density at radius 1 is 1.32 bits per heavy atom. The van der Waals surface area contributed by atoms with Gasteiger partial charge in [-0.1, -0.05) is 26.2 Å². The molecule has 4 heteroatoms. The van der Waals surface area contributed by atoms with Gasteiger partial charge in [0, 0.05) is 12.4 Å². The molecule has 0 aliphatic heterocycles. The number of aromatic nitrogens is 1. The fraction of sp³-hybridized carbons (Fsp3) is 0.733. The highest BCUT2D eigenvalue weighted by molar-refractivity contribution is 4.93. The molecule has 3 unspecified atom stereocenters. The fourth-order valence-corrected chi connectivity index (χ4v) is 2.80. The number of rotatable bonds is 7. The van der Waals surface area contributed by atoms with Crippen LogP contribution in [0.15, 0.2) is 24.5 Å². The summed E-state index contributed by atoms with van der Waals surface area (Å²) in [6.45, 7) is 3.17. The predicted molar refractivity (Wildman–Crippen MR) is 76.7 cm³/mol. The summed E-state index contributed by atoms with van der Waals surface area (Å²) in [5, 5.41) is 9.94. The van der Waals surface area contributed by atoms with Gasteiger partial charge in [-0.25, -0.2) is 0 Å². The van der Waals surface area contributed by atoms with Crippen molar-refractivity contribution in [2.24, 2.45) is 5.92 Å². The Hall–Kier alpha value is -1.00. The molecule has 4 nitrogen and oxygen atoms in total. The highest BCUT2D eigenvalue weighted by Crippen LogP contribution is 2.29. The summed E-state index contributed by atoms with van der Waals surface area (Å²) in [5.41, 5.74) is 3.12. The maximum Gasteiger partial charge on any atom is 0.0961 e. The average molecular weight is 266 g/mol. The van der Waals surface area contributed by atoms with Gasteiger partial charge in [-0.15, -0.1) is 0 Å². The van der Waals surface area contributed by atoms with Crippen molar-refractivity contribution in [3.8, 4) is 0 Å². The van der Waals surface area contributed by atoms with E-state index >= 15 is 0 Å². The molecule has 0 amide bonds. The van der Waals surface area contributed by atoms with Crippen LogP contribution in [-0.4, -0.2) is 35.1 Å². The molecule has 0 bridgehead atoms. The standard InChI is InChI=1S/C15H26N2O2/c1-2-13-7-3-4-8-15(13)19-12-14(18)11-16-17-9-5-6-10-17/h5-6,9-10,13-16,18H,2-4,7-8,11-12H2,1H3. The fourth-order valence-electron chi connectivity index (χ4n) is 2.80. The number of hydrogen-bond donors (Lipinski definition) is 2. The first-order valence-corrected chi connectivity index (χ1v) is 7.46. The van der Waals surface area contributed by atoms with E-state index < -0.39 is 6.10 Å². The number of ether oxygens (including phenoxy) is 1. The van der Waals surface area contributed by atoms with E-state index in [1.54, 1.807) is 0 Å². The van der Waals surface area contributed by atoms with Gasteiger partial charge in [0.15, 0.2) is 0 Å². The minimum absolute atomic E-state index is 0.347. The lowest BCUT2D eigenvalue weighted by Gasteiger charge is -2.31. The summed E-state index contributed by atoms with van der Waals surface area (Å²) in [5.74, 6) is 0.679. The van der Waals surface area contributed by atoms with Gasteiger partial charge in [-0.2, -0.15) is 0 Å². The molecule has 1 aromatic rings. The molecule has 0 spiro atoms. The van der Waals surface area contributed by atoms with E-state index in [0.29, 0.717) is 25.2 Å². The Balaban J connectivity index is 1.66. The quantitative estimate of drug-likeness (QED) is 0.796. The smallest absolute Gasteiger partial charge is 0.0961 e. The molecule has 1 fully saturated rings. The lowest BCUT2D eigenvalue weighted by Crippen LogP contribution is -2.34. The molecule has 1 aromatic heterocycles. The molecule has 3 atom stereocenters. The second-order valence-corrected chi connectivity index (χ2v) is 5.43. The lowest BCUT2D eigenvalue weighted by molar-refractivity contribution is -0.0478. The van der Waals surface area contributed by atoms with E-state index in [1.165, 1.54) is 25.7 Å². The summed E-state index contributed by atoms with van der Waals surface area (Å²) in [7, 11) is 0. The van der Waals surface area contributed by atoms with Crippen molar-refractivity contribution in [3.05, 3.63) is 24.5 Å². The van der Waals surface area contributed by atoms with Gasteiger partial charge in [0.05, 0.1) is 25.4 Å². The van der Waals surface area contributed by atoms with Crippen LogP contribution in [0.1, 0.15) is 39.0 Å². The van der Waals surface area contributed by atoms with Gasteiger partial charge < -0.3 is 15.3 Å². The second kappa shape index (κ2) is 7.56.